The highest BCUT2D eigenvalue weighted by Crippen LogP contribution is 2.28. The van der Waals surface area contributed by atoms with Crippen molar-refractivity contribution in [3.63, 3.8) is 0 Å². The van der Waals surface area contributed by atoms with Gasteiger partial charge in [0.2, 0.25) is 0 Å². The number of benzene rings is 1. The predicted molar refractivity (Wildman–Crippen MR) is 67.2 cm³/mol. The zero-order valence-electron chi connectivity index (χ0n) is 9.30. The van der Waals surface area contributed by atoms with Crippen molar-refractivity contribution in [2.24, 2.45) is 5.73 Å². The zero-order valence-corrected chi connectivity index (χ0v) is 10.9. The summed E-state index contributed by atoms with van der Waals surface area (Å²) in [7, 11) is 0. The lowest BCUT2D eigenvalue weighted by atomic mass is 9.78. The molecule has 17 heavy (non-hydrogen) atoms. The molecule has 3 nitrogen and oxygen atoms in total. The molecule has 0 saturated heterocycles. The van der Waals surface area contributed by atoms with Gasteiger partial charge in [-0.25, -0.2) is 4.39 Å². The molecule has 92 valence electrons. The molecule has 1 amide bonds. The van der Waals surface area contributed by atoms with Gasteiger partial charge >= 0.3 is 0 Å². The summed E-state index contributed by atoms with van der Waals surface area (Å²) in [5.41, 5.74) is 6.03. The molecule has 0 bridgehead atoms. The van der Waals surface area contributed by atoms with Crippen LogP contribution in [-0.2, 0) is 0 Å². The number of rotatable bonds is 3. The van der Waals surface area contributed by atoms with Gasteiger partial charge in [-0.15, -0.1) is 0 Å². The van der Waals surface area contributed by atoms with Gasteiger partial charge in [0, 0.05) is 16.6 Å². The molecular formula is C12H14BrFN2O. The third-order valence-corrected chi connectivity index (χ3v) is 3.81. The summed E-state index contributed by atoms with van der Waals surface area (Å²) in [6.07, 6.45) is 2.96. The first-order valence-corrected chi connectivity index (χ1v) is 6.32. The van der Waals surface area contributed by atoms with Crippen LogP contribution in [0.3, 0.4) is 0 Å². The molecule has 0 aromatic heterocycles. The van der Waals surface area contributed by atoms with Gasteiger partial charge in [0.15, 0.2) is 0 Å². The third-order valence-electron chi connectivity index (χ3n) is 3.12. The topological polar surface area (TPSA) is 55.1 Å². The standard InChI is InChI=1S/C12H14BrFN2O/c13-10-3-2-8(14)6-9(10)11(17)16-7-12(15)4-1-5-12/h2-3,6H,1,4-5,7,15H2,(H,16,17). The Morgan fingerprint density at radius 2 is 2.24 bits per heavy atom. The highest BCUT2D eigenvalue weighted by Gasteiger charge is 2.32. The van der Waals surface area contributed by atoms with Crippen LogP contribution < -0.4 is 11.1 Å². The minimum Gasteiger partial charge on any atom is -0.350 e. The molecule has 1 aromatic carbocycles. The maximum Gasteiger partial charge on any atom is 0.252 e. The van der Waals surface area contributed by atoms with E-state index >= 15 is 0 Å². The fraction of sp³-hybridized carbons (Fsp3) is 0.417. The van der Waals surface area contributed by atoms with E-state index in [0.717, 1.165) is 19.3 Å². The van der Waals surface area contributed by atoms with E-state index < -0.39 is 5.82 Å². The molecule has 0 unspecified atom stereocenters. The maximum atomic E-state index is 13.0. The van der Waals surface area contributed by atoms with Gasteiger partial charge in [0.25, 0.3) is 5.91 Å². The maximum absolute atomic E-state index is 13.0. The summed E-state index contributed by atoms with van der Waals surface area (Å²) >= 11 is 3.22. The van der Waals surface area contributed by atoms with Gasteiger partial charge in [-0.3, -0.25) is 4.79 Å². The summed E-state index contributed by atoms with van der Waals surface area (Å²) in [5, 5.41) is 2.75. The van der Waals surface area contributed by atoms with Crippen LogP contribution in [0.4, 0.5) is 4.39 Å². The normalized spacial score (nSPS) is 17.4. The average Bonchev–Trinajstić information content (AvgIpc) is 2.26. The molecule has 1 aromatic rings. The van der Waals surface area contributed by atoms with Crippen molar-refractivity contribution in [3.05, 3.63) is 34.1 Å². The van der Waals surface area contributed by atoms with Crippen LogP contribution >= 0.6 is 15.9 Å². The lowest BCUT2D eigenvalue weighted by Gasteiger charge is -2.38. The summed E-state index contributed by atoms with van der Waals surface area (Å²) in [5.74, 6) is -0.724. The van der Waals surface area contributed by atoms with E-state index in [1.165, 1.54) is 18.2 Å². The number of carbonyl (C=O) groups is 1. The average molecular weight is 301 g/mol. The second-order valence-electron chi connectivity index (χ2n) is 4.52. The van der Waals surface area contributed by atoms with Crippen molar-refractivity contribution in [2.45, 2.75) is 24.8 Å². The third kappa shape index (κ3) is 2.84. The molecule has 1 aliphatic rings. The molecule has 0 radical (unpaired) electrons. The lowest BCUT2D eigenvalue weighted by Crippen LogP contribution is -2.54. The van der Waals surface area contributed by atoms with E-state index in [1.54, 1.807) is 0 Å². The number of hydrogen-bond acceptors (Lipinski definition) is 2. The fourth-order valence-corrected chi connectivity index (χ4v) is 2.26. The molecule has 3 N–H and O–H groups in total. The van der Waals surface area contributed by atoms with Crippen molar-refractivity contribution in [3.8, 4) is 0 Å². The molecule has 0 spiro atoms. The molecule has 0 heterocycles. The van der Waals surface area contributed by atoms with Crippen molar-refractivity contribution in [2.75, 3.05) is 6.54 Å². The number of carbonyl (C=O) groups excluding carboxylic acids is 1. The monoisotopic (exact) mass is 300 g/mol. The Morgan fingerprint density at radius 1 is 1.53 bits per heavy atom. The van der Waals surface area contributed by atoms with Crippen molar-refractivity contribution >= 4 is 21.8 Å². The van der Waals surface area contributed by atoms with Crippen LogP contribution in [0.15, 0.2) is 22.7 Å². The Bertz CT molecular complexity index is 446. The Morgan fingerprint density at radius 3 is 2.82 bits per heavy atom. The number of nitrogens with one attached hydrogen (secondary N) is 1. The minimum absolute atomic E-state index is 0.268. The van der Waals surface area contributed by atoms with Gasteiger partial charge in [0.05, 0.1) is 5.56 Å². The molecular weight excluding hydrogens is 287 g/mol. The van der Waals surface area contributed by atoms with E-state index in [2.05, 4.69) is 21.2 Å². The number of nitrogens with two attached hydrogens (primary N) is 1. The van der Waals surface area contributed by atoms with Crippen molar-refractivity contribution < 1.29 is 9.18 Å². The summed E-state index contributed by atoms with van der Waals surface area (Å²) in [6.45, 7) is 0.439. The van der Waals surface area contributed by atoms with Gasteiger partial charge in [-0.2, -0.15) is 0 Å². The largest absolute Gasteiger partial charge is 0.350 e. The highest BCUT2D eigenvalue weighted by atomic mass is 79.9. The quantitative estimate of drug-likeness (QED) is 0.899. The molecule has 0 atom stereocenters. The first-order valence-electron chi connectivity index (χ1n) is 5.52. The molecule has 0 aliphatic heterocycles. The Balaban J connectivity index is 2.01. The zero-order chi connectivity index (χ0) is 12.5. The lowest BCUT2D eigenvalue weighted by molar-refractivity contribution is 0.0928. The minimum atomic E-state index is -0.426. The second-order valence-corrected chi connectivity index (χ2v) is 5.38. The van der Waals surface area contributed by atoms with Crippen LogP contribution in [0, 0.1) is 5.82 Å². The van der Waals surface area contributed by atoms with Gasteiger partial charge in [-0.1, -0.05) is 0 Å². The fourth-order valence-electron chi connectivity index (χ4n) is 1.83. The van der Waals surface area contributed by atoms with Crippen LogP contribution in [-0.4, -0.2) is 18.0 Å². The van der Waals surface area contributed by atoms with E-state index in [9.17, 15) is 9.18 Å². The second kappa shape index (κ2) is 4.74. The Kier molecular flexibility index (Phi) is 3.49. The smallest absolute Gasteiger partial charge is 0.252 e. The van der Waals surface area contributed by atoms with Gasteiger partial charge < -0.3 is 11.1 Å². The summed E-state index contributed by atoms with van der Waals surface area (Å²) < 4.78 is 13.6. The first kappa shape index (κ1) is 12.5. The van der Waals surface area contributed by atoms with Crippen LogP contribution in [0.2, 0.25) is 0 Å². The molecule has 2 rings (SSSR count). The Labute approximate surface area is 108 Å². The molecule has 1 fully saturated rings. The van der Waals surface area contributed by atoms with E-state index in [-0.39, 0.29) is 11.4 Å². The van der Waals surface area contributed by atoms with E-state index in [0.29, 0.717) is 16.6 Å². The Hall–Kier alpha value is -0.940. The SMILES string of the molecule is NC1(CNC(=O)c2cc(F)ccc2Br)CCC1. The van der Waals surface area contributed by atoms with E-state index in [4.69, 9.17) is 5.73 Å². The van der Waals surface area contributed by atoms with Crippen molar-refractivity contribution in [1.82, 2.24) is 5.32 Å². The molecule has 1 aliphatic carbocycles. The van der Waals surface area contributed by atoms with Gasteiger partial charge in [0.1, 0.15) is 5.82 Å². The first-order chi connectivity index (χ1) is 8.00. The van der Waals surface area contributed by atoms with Gasteiger partial charge in [-0.05, 0) is 53.4 Å². The summed E-state index contributed by atoms with van der Waals surface area (Å²) in [6, 6.07) is 4.03. The summed E-state index contributed by atoms with van der Waals surface area (Å²) in [4.78, 5) is 11.8. The number of amides is 1. The number of hydrogen-bond donors (Lipinski definition) is 2. The van der Waals surface area contributed by atoms with Crippen LogP contribution in [0.1, 0.15) is 29.6 Å². The molecule has 5 heteroatoms. The van der Waals surface area contributed by atoms with Crippen molar-refractivity contribution in [1.29, 1.82) is 0 Å². The highest BCUT2D eigenvalue weighted by molar-refractivity contribution is 9.10. The van der Waals surface area contributed by atoms with Crippen LogP contribution in [0.5, 0.6) is 0 Å². The number of halogens is 2. The van der Waals surface area contributed by atoms with Crippen LogP contribution in [0.25, 0.3) is 0 Å². The predicted octanol–water partition coefficient (Wildman–Crippen LogP) is 2.20. The molecule has 1 saturated carbocycles. The van der Waals surface area contributed by atoms with E-state index in [1.807, 2.05) is 0 Å².